The van der Waals surface area contributed by atoms with Gasteiger partial charge in [0.25, 0.3) is 0 Å². The van der Waals surface area contributed by atoms with Crippen LogP contribution in [0, 0.1) is 5.92 Å². The minimum Gasteiger partial charge on any atom is -0.383 e. The third-order valence-electron chi connectivity index (χ3n) is 4.61. The molecule has 0 saturated heterocycles. The zero-order chi connectivity index (χ0) is 19.7. The molecule has 0 aliphatic carbocycles. The number of alkyl halides is 1. The maximum Gasteiger partial charge on any atom is 0.165 e. The van der Waals surface area contributed by atoms with Gasteiger partial charge in [0.05, 0.1) is 5.56 Å². The van der Waals surface area contributed by atoms with Crippen LogP contribution in [-0.4, -0.2) is 19.5 Å². The van der Waals surface area contributed by atoms with E-state index in [1.165, 1.54) is 0 Å². The van der Waals surface area contributed by atoms with Gasteiger partial charge in [0.1, 0.15) is 11.3 Å². The van der Waals surface area contributed by atoms with E-state index in [0.717, 1.165) is 45.9 Å². The molecule has 142 valence electrons. The van der Waals surface area contributed by atoms with Gasteiger partial charge >= 0.3 is 0 Å². The van der Waals surface area contributed by atoms with E-state index in [4.69, 9.17) is 27.3 Å². The molecule has 5 nitrogen and oxygen atoms in total. The van der Waals surface area contributed by atoms with Gasteiger partial charge in [0.15, 0.2) is 11.5 Å². The lowest BCUT2D eigenvalue weighted by Gasteiger charge is -2.11. The van der Waals surface area contributed by atoms with Crippen molar-refractivity contribution in [1.29, 1.82) is 0 Å². The van der Waals surface area contributed by atoms with E-state index in [9.17, 15) is 0 Å². The summed E-state index contributed by atoms with van der Waals surface area (Å²) in [6, 6.07) is 16.0. The van der Waals surface area contributed by atoms with E-state index in [0.29, 0.717) is 17.6 Å². The van der Waals surface area contributed by atoms with Gasteiger partial charge in [-0.3, -0.25) is 4.57 Å². The molecule has 4 rings (SSSR count). The average Bonchev–Trinajstić information content (AvgIpc) is 3.06. The highest BCUT2D eigenvalue weighted by Gasteiger charge is 2.18. The largest absolute Gasteiger partial charge is 0.383 e. The molecule has 2 N–H and O–H groups in total. The first-order chi connectivity index (χ1) is 13.6. The Balaban J connectivity index is 1.98. The third kappa shape index (κ3) is 3.45. The molecule has 0 atom stereocenters. The number of rotatable bonds is 5. The molecule has 6 heteroatoms. The summed E-state index contributed by atoms with van der Waals surface area (Å²) in [5.41, 5.74) is 11.7. The normalized spacial score (nSPS) is 11.4. The van der Waals surface area contributed by atoms with Gasteiger partial charge in [-0.2, -0.15) is 0 Å². The Morgan fingerprint density at radius 3 is 2.50 bits per heavy atom. The SMILES string of the molecule is CC(C)Cc1ccc2nc(-c3cccnc3N)n(-c3ccc(CCl)cc3)c2n1. The van der Waals surface area contributed by atoms with Crippen LogP contribution in [0.5, 0.6) is 0 Å². The molecule has 28 heavy (non-hydrogen) atoms. The van der Waals surface area contributed by atoms with Crippen LogP contribution in [0.3, 0.4) is 0 Å². The number of nitrogens with zero attached hydrogens (tertiary/aromatic N) is 4. The molecule has 0 unspecified atom stereocenters. The van der Waals surface area contributed by atoms with Gasteiger partial charge in [0.2, 0.25) is 0 Å². The van der Waals surface area contributed by atoms with Crippen molar-refractivity contribution in [3.05, 3.63) is 66.0 Å². The summed E-state index contributed by atoms with van der Waals surface area (Å²) in [6.45, 7) is 4.38. The van der Waals surface area contributed by atoms with Crippen LogP contribution in [0.25, 0.3) is 28.2 Å². The number of imidazole rings is 1. The Bertz CT molecular complexity index is 1120. The minimum absolute atomic E-state index is 0.443. The summed E-state index contributed by atoms with van der Waals surface area (Å²) in [6.07, 6.45) is 2.59. The molecular weight excluding hydrogens is 370 g/mol. The number of anilines is 1. The van der Waals surface area contributed by atoms with Crippen molar-refractivity contribution in [3.8, 4) is 17.1 Å². The highest BCUT2D eigenvalue weighted by molar-refractivity contribution is 6.17. The zero-order valence-corrected chi connectivity index (χ0v) is 16.7. The summed E-state index contributed by atoms with van der Waals surface area (Å²) < 4.78 is 2.05. The highest BCUT2D eigenvalue weighted by atomic mass is 35.5. The van der Waals surface area contributed by atoms with Crippen molar-refractivity contribution >= 4 is 28.6 Å². The first kappa shape index (κ1) is 18.4. The van der Waals surface area contributed by atoms with Crippen LogP contribution >= 0.6 is 11.6 Å². The Hall–Kier alpha value is -2.92. The molecule has 0 aliphatic rings. The number of hydrogen-bond acceptors (Lipinski definition) is 4. The predicted octanol–water partition coefficient (Wildman–Crippen LogP) is 5.00. The maximum atomic E-state index is 6.16. The monoisotopic (exact) mass is 391 g/mol. The Morgan fingerprint density at radius 2 is 1.82 bits per heavy atom. The summed E-state index contributed by atoms with van der Waals surface area (Å²) in [5, 5.41) is 0. The second-order valence-corrected chi connectivity index (χ2v) is 7.52. The Kier molecular flexibility index (Phi) is 5.01. The van der Waals surface area contributed by atoms with Crippen molar-refractivity contribution < 1.29 is 0 Å². The predicted molar refractivity (Wildman–Crippen MR) is 115 cm³/mol. The molecule has 3 heterocycles. The molecule has 1 aromatic carbocycles. The molecule has 0 amide bonds. The smallest absolute Gasteiger partial charge is 0.165 e. The topological polar surface area (TPSA) is 69.6 Å². The lowest BCUT2D eigenvalue weighted by Crippen LogP contribution is -2.03. The molecule has 0 saturated carbocycles. The molecule has 4 aromatic rings. The fourth-order valence-corrected chi connectivity index (χ4v) is 3.47. The first-order valence-corrected chi connectivity index (χ1v) is 9.84. The Morgan fingerprint density at radius 1 is 1.04 bits per heavy atom. The van der Waals surface area contributed by atoms with Crippen molar-refractivity contribution in [2.75, 3.05) is 5.73 Å². The lowest BCUT2D eigenvalue weighted by atomic mass is 10.1. The fourth-order valence-electron chi connectivity index (χ4n) is 3.29. The van der Waals surface area contributed by atoms with Crippen LogP contribution in [0.4, 0.5) is 5.82 Å². The minimum atomic E-state index is 0.443. The van der Waals surface area contributed by atoms with Crippen LogP contribution in [0.15, 0.2) is 54.7 Å². The molecule has 0 aliphatic heterocycles. The van der Waals surface area contributed by atoms with Crippen LogP contribution in [-0.2, 0) is 12.3 Å². The number of hydrogen-bond donors (Lipinski definition) is 1. The van der Waals surface area contributed by atoms with Crippen molar-refractivity contribution in [1.82, 2.24) is 19.5 Å². The summed E-state index contributed by atoms with van der Waals surface area (Å²) in [5.74, 6) is 2.18. The van der Waals surface area contributed by atoms with E-state index in [-0.39, 0.29) is 0 Å². The first-order valence-electron chi connectivity index (χ1n) is 9.31. The van der Waals surface area contributed by atoms with Crippen molar-refractivity contribution in [3.63, 3.8) is 0 Å². The number of halogens is 1. The summed E-state index contributed by atoms with van der Waals surface area (Å²) >= 11 is 5.96. The quantitative estimate of drug-likeness (QED) is 0.486. The van der Waals surface area contributed by atoms with Gasteiger partial charge in [-0.05, 0) is 54.3 Å². The second kappa shape index (κ2) is 7.60. The van der Waals surface area contributed by atoms with Crippen LogP contribution in [0.1, 0.15) is 25.1 Å². The molecule has 0 bridgehead atoms. The van der Waals surface area contributed by atoms with Gasteiger partial charge < -0.3 is 5.73 Å². The third-order valence-corrected chi connectivity index (χ3v) is 4.92. The molecular formula is C22H22ClN5. The standard InChI is InChI=1S/C22H22ClN5/c1-14(2)12-16-7-10-19-22(26-16)28(17-8-5-15(13-23)6-9-17)21(27-19)18-4-3-11-25-20(18)24/h3-11,14H,12-13H2,1-2H3,(H2,24,25). The highest BCUT2D eigenvalue weighted by Crippen LogP contribution is 2.30. The molecule has 0 spiro atoms. The van der Waals surface area contributed by atoms with E-state index >= 15 is 0 Å². The fraction of sp³-hybridized carbons (Fsp3) is 0.227. The second-order valence-electron chi connectivity index (χ2n) is 7.25. The maximum absolute atomic E-state index is 6.16. The summed E-state index contributed by atoms with van der Waals surface area (Å²) in [4.78, 5) is 14.0. The molecule has 3 aromatic heterocycles. The number of nitrogens with two attached hydrogens (primary N) is 1. The molecule has 0 fully saturated rings. The van der Waals surface area contributed by atoms with Gasteiger partial charge in [-0.1, -0.05) is 26.0 Å². The number of fused-ring (bicyclic) bond motifs is 1. The van der Waals surface area contributed by atoms with E-state index in [1.807, 2.05) is 53.1 Å². The van der Waals surface area contributed by atoms with Crippen LogP contribution in [0.2, 0.25) is 0 Å². The molecule has 0 radical (unpaired) electrons. The number of benzene rings is 1. The van der Waals surface area contributed by atoms with E-state index < -0.39 is 0 Å². The van der Waals surface area contributed by atoms with Crippen LogP contribution < -0.4 is 5.73 Å². The summed E-state index contributed by atoms with van der Waals surface area (Å²) in [7, 11) is 0. The van der Waals surface area contributed by atoms with Crippen molar-refractivity contribution in [2.24, 2.45) is 5.92 Å². The number of aromatic nitrogens is 4. The van der Waals surface area contributed by atoms with Gasteiger partial charge in [-0.15, -0.1) is 11.6 Å². The number of nitrogen functional groups attached to an aromatic ring is 1. The van der Waals surface area contributed by atoms with Crippen molar-refractivity contribution in [2.45, 2.75) is 26.1 Å². The number of pyridine rings is 2. The van der Waals surface area contributed by atoms with E-state index in [2.05, 4.69) is 18.8 Å². The van der Waals surface area contributed by atoms with Gasteiger partial charge in [0, 0.05) is 23.5 Å². The van der Waals surface area contributed by atoms with Gasteiger partial charge in [-0.25, -0.2) is 15.0 Å². The zero-order valence-electron chi connectivity index (χ0n) is 15.9. The Labute approximate surface area is 169 Å². The lowest BCUT2D eigenvalue weighted by molar-refractivity contribution is 0.636. The van der Waals surface area contributed by atoms with E-state index in [1.54, 1.807) is 6.20 Å². The average molecular weight is 392 g/mol.